The first-order chi connectivity index (χ1) is 13.3. The maximum Gasteiger partial charge on any atom is 0.419 e. The fourth-order valence-corrected chi connectivity index (χ4v) is 3.01. The van der Waals surface area contributed by atoms with Crippen molar-refractivity contribution in [2.24, 2.45) is 0 Å². The molecule has 3 heterocycles. The monoisotopic (exact) mass is 396 g/mol. The number of carbonyl (C=O) groups is 1. The number of rotatable bonds is 5. The first-order valence-corrected chi connectivity index (χ1v) is 9.04. The van der Waals surface area contributed by atoms with E-state index in [1.54, 1.807) is 15.9 Å². The zero-order valence-corrected chi connectivity index (χ0v) is 15.8. The van der Waals surface area contributed by atoms with Crippen LogP contribution in [0.15, 0.2) is 30.9 Å². The molecule has 10 heteroatoms. The number of nitrogens with one attached hydrogen (secondary N) is 1. The third kappa shape index (κ3) is 4.61. The summed E-state index contributed by atoms with van der Waals surface area (Å²) in [6.07, 6.45) is 0.837. The first kappa shape index (κ1) is 20.1. The molecule has 1 aliphatic heterocycles. The molecule has 0 saturated carbocycles. The minimum absolute atomic E-state index is 0.0520. The molecule has 1 amide bonds. The Morgan fingerprint density at radius 2 is 1.86 bits per heavy atom. The summed E-state index contributed by atoms with van der Waals surface area (Å²) < 4.78 is 39.8. The predicted molar refractivity (Wildman–Crippen MR) is 98.1 cm³/mol. The maximum atomic E-state index is 12.7. The van der Waals surface area contributed by atoms with Crippen LogP contribution in [0.25, 0.3) is 0 Å². The van der Waals surface area contributed by atoms with Crippen molar-refractivity contribution < 1.29 is 18.0 Å². The van der Waals surface area contributed by atoms with Gasteiger partial charge in [0.1, 0.15) is 0 Å². The molecule has 1 aliphatic rings. The van der Waals surface area contributed by atoms with Gasteiger partial charge in [-0.05, 0) is 20.0 Å². The van der Waals surface area contributed by atoms with Gasteiger partial charge in [-0.3, -0.25) is 4.79 Å². The van der Waals surface area contributed by atoms with Crippen LogP contribution in [-0.4, -0.2) is 64.6 Å². The molecule has 2 aromatic heterocycles. The summed E-state index contributed by atoms with van der Waals surface area (Å²) >= 11 is 0. The average molecular weight is 396 g/mol. The minimum atomic E-state index is -4.45. The molecule has 2 aromatic rings. The molecule has 0 radical (unpaired) electrons. The highest BCUT2D eigenvalue weighted by Crippen LogP contribution is 2.28. The second-order valence-corrected chi connectivity index (χ2v) is 6.84. The van der Waals surface area contributed by atoms with Gasteiger partial charge in [-0.2, -0.15) is 13.2 Å². The van der Waals surface area contributed by atoms with Crippen molar-refractivity contribution in [3.63, 3.8) is 0 Å². The third-order valence-corrected chi connectivity index (χ3v) is 4.79. The number of anilines is 1. The highest BCUT2D eigenvalue weighted by atomic mass is 19.4. The molecule has 0 unspecified atom stereocenters. The molecular formula is C18H23F3N6O. The van der Waals surface area contributed by atoms with E-state index in [9.17, 15) is 18.0 Å². The number of halogens is 3. The fraction of sp³-hybridized carbons (Fsp3) is 0.500. The standard InChI is InChI=1S/C18H23F3N6O/c1-13(22-2)11-25-4-3-14(12-25)16(28)26-5-7-27(8-6-26)17-23-9-15(10-24-17)18(19,20)21/h3-4,9-10,12-13,22H,5-8,11H2,1-2H3/t13-/m0/s1. The molecule has 152 valence electrons. The largest absolute Gasteiger partial charge is 0.419 e. The van der Waals surface area contributed by atoms with Gasteiger partial charge in [0.05, 0.1) is 11.1 Å². The van der Waals surface area contributed by atoms with Crippen molar-refractivity contribution >= 4 is 11.9 Å². The maximum absolute atomic E-state index is 12.7. The van der Waals surface area contributed by atoms with E-state index in [1.165, 1.54) is 0 Å². The van der Waals surface area contributed by atoms with Crippen molar-refractivity contribution in [2.45, 2.75) is 25.7 Å². The van der Waals surface area contributed by atoms with E-state index in [2.05, 4.69) is 22.2 Å². The molecule has 0 aromatic carbocycles. The van der Waals surface area contributed by atoms with E-state index in [4.69, 9.17) is 0 Å². The van der Waals surface area contributed by atoms with Gasteiger partial charge in [0, 0.05) is 63.6 Å². The number of hydrogen-bond acceptors (Lipinski definition) is 5. The molecule has 7 nitrogen and oxygen atoms in total. The SMILES string of the molecule is CN[C@@H](C)Cn1ccc(C(=O)N2CCN(c3ncc(C(F)(F)F)cn3)CC2)c1. The highest BCUT2D eigenvalue weighted by Gasteiger charge is 2.32. The number of likely N-dealkylation sites (N-methyl/N-ethyl adjacent to an activating group) is 1. The Hall–Kier alpha value is -2.62. The molecule has 1 saturated heterocycles. The van der Waals surface area contributed by atoms with Gasteiger partial charge in [-0.1, -0.05) is 0 Å². The van der Waals surface area contributed by atoms with Crippen LogP contribution in [0.3, 0.4) is 0 Å². The Morgan fingerprint density at radius 1 is 1.21 bits per heavy atom. The summed E-state index contributed by atoms with van der Waals surface area (Å²) in [5, 5.41) is 3.15. The van der Waals surface area contributed by atoms with Crippen LogP contribution in [0.5, 0.6) is 0 Å². The van der Waals surface area contributed by atoms with Gasteiger partial charge in [0.25, 0.3) is 5.91 Å². The van der Waals surface area contributed by atoms with Crippen LogP contribution in [0.1, 0.15) is 22.8 Å². The van der Waals surface area contributed by atoms with E-state index in [0.29, 0.717) is 37.8 Å². The normalized spacial score (nSPS) is 16.3. The van der Waals surface area contributed by atoms with E-state index in [0.717, 1.165) is 18.9 Å². The van der Waals surface area contributed by atoms with Gasteiger partial charge >= 0.3 is 6.18 Å². The lowest BCUT2D eigenvalue weighted by atomic mass is 10.2. The Morgan fingerprint density at radius 3 is 2.43 bits per heavy atom. The Labute approximate surface area is 161 Å². The summed E-state index contributed by atoms with van der Waals surface area (Å²) in [4.78, 5) is 23.8. The van der Waals surface area contributed by atoms with Crippen LogP contribution < -0.4 is 10.2 Å². The lowest BCUT2D eigenvalue weighted by Gasteiger charge is -2.34. The Balaban J connectivity index is 1.57. The van der Waals surface area contributed by atoms with Crippen molar-refractivity contribution in [3.8, 4) is 0 Å². The number of carbonyl (C=O) groups excluding carboxylic acids is 1. The van der Waals surface area contributed by atoms with E-state index in [-0.39, 0.29) is 11.9 Å². The summed E-state index contributed by atoms with van der Waals surface area (Å²) in [5.41, 5.74) is -0.246. The minimum Gasteiger partial charge on any atom is -0.352 e. The molecule has 0 spiro atoms. The molecule has 1 atom stereocenters. The topological polar surface area (TPSA) is 66.3 Å². The van der Waals surface area contributed by atoms with E-state index in [1.807, 2.05) is 24.0 Å². The third-order valence-electron chi connectivity index (χ3n) is 4.79. The van der Waals surface area contributed by atoms with Crippen molar-refractivity contribution in [1.82, 2.24) is 24.8 Å². The summed E-state index contributed by atoms with van der Waals surface area (Å²) in [5.74, 6) is 0.191. The van der Waals surface area contributed by atoms with Crippen LogP contribution in [0, 0.1) is 0 Å². The van der Waals surface area contributed by atoms with Crippen molar-refractivity contribution in [3.05, 3.63) is 42.0 Å². The molecule has 0 bridgehead atoms. The van der Waals surface area contributed by atoms with Gasteiger partial charge in [-0.25, -0.2) is 9.97 Å². The van der Waals surface area contributed by atoms with Crippen LogP contribution in [0.2, 0.25) is 0 Å². The van der Waals surface area contributed by atoms with Crippen LogP contribution in [0.4, 0.5) is 19.1 Å². The van der Waals surface area contributed by atoms with Crippen LogP contribution >= 0.6 is 0 Å². The number of amides is 1. The number of hydrogen-bond donors (Lipinski definition) is 1. The fourth-order valence-electron chi connectivity index (χ4n) is 3.01. The van der Waals surface area contributed by atoms with Gasteiger partial charge in [0.2, 0.25) is 5.95 Å². The molecule has 0 aliphatic carbocycles. The highest BCUT2D eigenvalue weighted by molar-refractivity contribution is 5.94. The summed E-state index contributed by atoms with van der Waals surface area (Å²) in [6.45, 7) is 4.68. The Kier molecular flexibility index (Phi) is 5.87. The smallest absolute Gasteiger partial charge is 0.352 e. The number of nitrogens with zero attached hydrogens (tertiary/aromatic N) is 5. The number of aromatic nitrogens is 3. The molecule has 1 N–H and O–H groups in total. The second kappa shape index (κ2) is 8.17. The summed E-state index contributed by atoms with van der Waals surface area (Å²) in [6, 6.07) is 2.10. The van der Waals surface area contributed by atoms with E-state index >= 15 is 0 Å². The first-order valence-electron chi connectivity index (χ1n) is 9.04. The lowest BCUT2D eigenvalue weighted by Crippen LogP contribution is -2.49. The van der Waals surface area contributed by atoms with Crippen molar-refractivity contribution in [2.75, 3.05) is 38.1 Å². The van der Waals surface area contributed by atoms with Crippen LogP contribution in [-0.2, 0) is 12.7 Å². The molecule has 3 rings (SSSR count). The number of piperazine rings is 1. The quantitative estimate of drug-likeness (QED) is 0.836. The second-order valence-electron chi connectivity index (χ2n) is 6.84. The van der Waals surface area contributed by atoms with Gasteiger partial charge in [0.15, 0.2) is 0 Å². The van der Waals surface area contributed by atoms with Gasteiger partial charge < -0.3 is 19.7 Å². The molecule has 28 heavy (non-hydrogen) atoms. The molecule has 1 fully saturated rings. The van der Waals surface area contributed by atoms with E-state index < -0.39 is 11.7 Å². The molecular weight excluding hydrogens is 373 g/mol. The average Bonchev–Trinajstić information content (AvgIpc) is 3.15. The zero-order valence-electron chi connectivity index (χ0n) is 15.8. The van der Waals surface area contributed by atoms with Gasteiger partial charge in [-0.15, -0.1) is 0 Å². The van der Waals surface area contributed by atoms with Crippen molar-refractivity contribution in [1.29, 1.82) is 0 Å². The predicted octanol–water partition coefficient (Wildman–Crippen LogP) is 1.87. The zero-order chi connectivity index (χ0) is 20.3. The number of alkyl halides is 3. The lowest BCUT2D eigenvalue weighted by molar-refractivity contribution is -0.138. The Bertz CT molecular complexity index is 796. The summed E-state index contributed by atoms with van der Waals surface area (Å²) in [7, 11) is 1.89.